The molecule has 0 aliphatic carbocycles. The Morgan fingerprint density at radius 3 is 2.80 bits per heavy atom. The topological polar surface area (TPSA) is 55.3 Å². The van der Waals surface area contributed by atoms with E-state index in [-0.39, 0.29) is 6.09 Å². The maximum Gasteiger partial charge on any atom is 0.415 e. The number of nitrogens with zero attached hydrogens (tertiary/aromatic N) is 3. The van der Waals surface area contributed by atoms with Crippen LogP contribution in [0.15, 0.2) is 23.7 Å². The molecule has 0 aliphatic heterocycles. The highest BCUT2D eigenvalue weighted by molar-refractivity contribution is 7.27. The molecule has 0 aromatic carbocycles. The predicted octanol–water partition coefficient (Wildman–Crippen LogP) is 3.26. The third-order valence-electron chi connectivity index (χ3n) is 3.72. The molecule has 130 valence electrons. The molecule has 0 radical (unpaired) electrons. The second-order valence-corrected chi connectivity index (χ2v) is 9.09. The first-order valence-electron chi connectivity index (χ1n) is 8.00. The number of carbonyl (C=O) groups excluding carboxylic acids is 1. The van der Waals surface area contributed by atoms with E-state index in [4.69, 9.17) is 4.74 Å². The molecule has 8 heteroatoms. The molecule has 3 aromatic rings. The van der Waals surface area contributed by atoms with Gasteiger partial charge in [-0.15, -0.1) is 27.8 Å². The highest BCUT2D eigenvalue weighted by atomic mass is 32.1. The van der Waals surface area contributed by atoms with Gasteiger partial charge in [0.1, 0.15) is 11.1 Å². The molecule has 0 unspecified atom stereocenters. The van der Waals surface area contributed by atoms with Gasteiger partial charge in [-0.25, -0.2) is 4.79 Å². The van der Waals surface area contributed by atoms with Gasteiger partial charge in [0, 0.05) is 4.88 Å². The fourth-order valence-electron chi connectivity index (χ4n) is 2.42. The SMILES string of the molecule is Bc1sc2c(N(Cc3cccs3)C(=O)OC(C)(C)C)cnnc2c1C. The third kappa shape index (κ3) is 3.85. The standard InChI is InChI=1S/C17H20BN3O2S2/c1-10-13-14(25-15(10)18)12(8-19-20-13)21(9-11-6-5-7-24-11)16(22)23-17(2,3)4/h5-8H,9,18H2,1-4H3. The Morgan fingerprint density at radius 2 is 2.16 bits per heavy atom. The summed E-state index contributed by atoms with van der Waals surface area (Å²) in [6.45, 7) is 8.09. The van der Waals surface area contributed by atoms with E-state index >= 15 is 0 Å². The van der Waals surface area contributed by atoms with Crippen LogP contribution >= 0.6 is 22.7 Å². The molecule has 0 fully saturated rings. The lowest BCUT2D eigenvalue weighted by atomic mass is 10.0. The van der Waals surface area contributed by atoms with E-state index in [2.05, 4.69) is 18.0 Å². The number of thiophene rings is 2. The number of fused-ring (bicyclic) bond motifs is 1. The first-order chi connectivity index (χ1) is 11.8. The van der Waals surface area contributed by atoms with Crippen LogP contribution in [0.1, 0.15) is 31.2 Å². The summed E-state index contributed by atoms with van der Waals surface area (Å²) in [5.41, 5.74) is 2.13. The van der Waals surface area contributed by atoms with E-state index in [0.29, 0.717) is 6.54 Å². The maximum absolute atomic E-state index is 12.9. The molecule has 0 bridgehead atoms. The highest BCUT2D eigenvalue weighted by Crippen LogP contribution is 2.32. The van der Waals surface area contributed by atoms with Crippen molar-refractivity contribution < 1.29 is 9.53 Å². The van der Waals surface area contributed by atoms with Crippen molar-refractivity contribution in [3.8, 4) is 0 Å². The van der Waals surface area contributed by atoms with Crippen molar-refractivity contribution in [2.45, 2.75) is 39.8 Å². The van der Waals surface area contributed by atoms with Crippen molar-refractivity contribution in [3.63, 3.8) is 0 Å². The molecule has 3 heterocycles. The number of rotatable bonds is 3. The van der Waals surface area contributed by atoms with Gasteiger partial charge in [0.15, 0.2) is 7.85 Å². The zero-order valence-electron chi connectivity index (χ0n) is 15.0. The Kier molecular flexibility index (Phi) is 4.84. The van der Waals surface area contributed by atoms with E-state index < -0.39 is 5.60 Å². The van der Waals surface area contributed by atoms with Crippen LogP contribution in [-0.2, 0) is 11.3 Å². The Bertz CT molecular complexity index is 901. The number of hydrogen-bond acceptors (Lipinski definition) is 6. The smallest absolute Gasteiger partial charge is 0.415 e. The van der Waals surface area contributed by atoms with Gasteiger partial charge in [-0.2, -0.15) is 5.10 Å². The number of aromatic nitrogens is 2. The van der Waals surface area contributed by atoms with Crippen LogP contribution in [0.5, 0.6) is 0 Å². The fourth-order valence-corrected chi connectivity index (χ4v) is 4.23. The van der Waals surface area contributed by atoms with Crippen LogP contribution in [0.25, 0.3) is 10.2 Å². The van der Waals surface area contributed by atoms with Crippen LogP contribution in [-0.4, -0.2) is 29.7 Å². The minimum atomic E-state index is -0.564. The molecule has 3 aromatic heterocycles. The zero-order valence-corrected chi connectivity index (χ0v) is 16.6. The normalized spacial score (nSPS) is 11.7. The Balaban J connectivity index is 2.08. The Hall–Kier alpha value is -1.93. The molecule has 0 aliphatic rings. The lowest BCUT2D eigenvalue weighted by molar-refractivity contribution is 0.0578. The van der Waals surface area contributed by atoms with Crippen molar-refractivity contribution >= 4 is 57.3 Å². The molecule has 1 amide bonds. The Morgan fingerprint density at radius 1 is 1.40 bits per heavy atom. The molecule has 0 saturated heterocycles. The van der Waals surface area contributed by atoms with Gasteiger partial charge < -0.3 is 4.74 Å². The third-order valence-corrected chi connectivity index (χ3v) is 5.80. The highest BCUT2D eigenvalue weighted by Gasteiger charge is 2.26. The largest absolute Gasteiger partial charge is 0.443 e. The van der Waals surface area contributed by atoms with E-state index in [1.807, 2.05) is 45.2 Å². The quantitative estimate of drug-likeness (QED) is 0.662. The number of amides is 1. The monoisotopic (exact) mass is 373 g/mol. The van der Waals surface area contributed by atoms with Gasteiger partial charge in [0.2, 0.25) is 0 Å². The first-order valence-corrected chi connectivity index (χ1v) is 9.70. The maximum atomic E-state index is 12.9. The second kappa shape index (κ2) is 6.76. The number of anilines is 1. The lowest BCUT2D eigenvalue weighted by Crippen LogP contribution is -2.36. The summed E-state index contributed by atoms with van der Waals surface area (Å²) in [5.74, 6) is 0. The Labute approximate surface area is 156 Å². The summed E-state index contributed by atoms with van der Waals surface area (Å²) in [4.78, 5) is 15.6. The van der Waals surface area contributed by atoms with Crippen LogP contribution in [0.4, 0.5) is 10.5 Å². The van der Waals surface area contributed by atoms with Crippen LogP contribution < -0.4 is 9.68 Å². The summed E-state index contributed by atoms with van der Waals surface area (Å²) in [5, 5.41) is 10.4. The van der Waals surface area contributed by atoms with E-state index in [1.165, 1.54) is 4.78 Å². The molecule has 0 N–H and O–H groups in total. The summed E-state index contributed by atoms with van der Waals surface area (Å²) < 4.78 is 7.78. The number of hydrogen-bond donors (Lipinski definition) is 0. The second-order valence-electron chi connectivity index (χ2n) is 6.84. The summed E-state index contributed by atoms with van der Waals surface area (Å²) in [7, 11) is 2.06. The number of aryl methyl sites for hydroxylation is 1. The minimum absolute atomic E-state index is 0.376. The summed E-state index contributed by atoms with van der Waals surface area (Å²) in [6.07, 6.45) is 1.27. The molecule has 5 nitrogen and oxygen atoms in total. The summed E-state index contributed by atoms with van der Waals surface area (Å²) in [6, 6.07) is 3.99. The summed E-state index contributed by atoms with van der Waals surface area (Å²) >= 11 is 3.25. The molecule has 3 rings (SSSR count). The number of ether oxygens (including phenoxy) is 1. The van der Waals surface area contributed by atoms with Crippen molar-refractivity contribution in [2.24, 2.45) is 0 Å². The predicted molar refractivity (Wildman–Crippen MR) is 107 cm³/mol. The van der Waals surface area contributed by atoms with Gasteiger partial charge in [0.25, 0.3) is 0 Å². The fraction of sp³-hybridized carbons (Fsp3) is 0.353. The average molecular weight is 373 g/mol. The van der Waals surface area contributed by atoms with Gasteiger partial charge >= 0.3 is 6.09 Å². The van der Waals surface area contributed by atoms with Crippen LogP contribution in [0.3, 0.4) is 0 Å². The van der Waals surface area contributed by atoms with Gasteiger partial charge in [-0.05, 0) is 49.5 Å². The first kappa shape index (κ1) is 17.9. The van der Waals surface area contributed by atoms with E-state index in [1.54, 1.807) is 33.8 Å². The van der Waals surface area contributed by atoms with Gasteiger partial charge in [-0.3, -0.25) is 4.90 Å². The van der Waals surface area contributed by atoms with Crippen LogP contribution in [0, 0.1) is 6.92 Å². The number of carbonyl (C=O) groups is 1. The molecule has 25 heavy (non-hydrogen) atoms. The molecular formula is C17H20BN3O2S2. The lowest BCUT2D eigenvalue weighted by Gasteiger charge is -2.27. The molecule has 0 saturated carbocycles. The average Bonchev–Trinajstić information content (AvgIpc) is 3.12. The van der Waals surface area contributed by atoms with Crippen molar-refractivity contribution in [2.75, 3.05) is 4.90 Å². The van der Waals surface area contributed by atoms with Crippen molar-refractivity contribution in [3.05, 3.63) is 34.2 Å². The van der Waals surface area contributed by atoms with Gasteiger partial charge in [0.05, 0.1) is 23.1 Å². The van der Waals surface area contributed by atoms with E-state index in [0.717, 1.165) is 26.3 Å². The van der Waals surface area contributed by atoms with Crippen molar-refractivity contribution in [1.29, 1.82) is 0 Å². The van der Waals surface area contributed by atoms with Crippen LogP contribution in [0.2, 0.25) is 0 Å². The van der Waals surface area contributed by atoms with Gasteiger partial charge in [-0.1, -0.05) is 6.07 Å². The molecule has 0 spiro atoms. The molecule has 0 atom stereocenters. The zero-order chi connectivity index (χ0) is 18.2. The molecular weight excluding hydrogens is 353 g/mol. The van der Waals surface area contributed by atoms with Crippen molar-refractivity contribution in [1.82, 2.24) is 10.2 Å². The van der Waals surface area contributed by atoms with E-state index in [9.17, 15) is 4.79 Å². The minimum Gasteiger partial charge on any atom is -0.443 e.